The van der Waals surface area contributed by atoms with Crippen LogP contribution in [0.3, 0.4) is 0 Å². The van der Waals surface area contributed by atoms with Gasteiger partial charge in [-0.15, -0.1) is 0 Å². The minimum Gasteiger partial charge on any atom is -0.505 e. The molecule has 98 valence electrons. The second kappa shape index (κ2) is 6.00. The highest BCUT2D eigenvalue weighted by atomic mass is 16.5. The Morgan fingerprint density at radius 3 is 2.74 bits per heavy atom. The first-order valence-corrected chi connectivity index (χ1v) is 6.09. The predicted octanol–water partition coefficient (Wildman–Crippen LogP) is 2.55. The van der Waals surface area contributed by atoms with Crippen LogP contribution in [0.25, 0.3) is 0 Å². The summed E-state index contributed by atoms with van der Waals surface area (Å²) >= 11 is 0. The van der Waals surface area contributed by atoms with Crippen LogP contribution in [0.4, 0.5) is 0 Å². The third kappa shape index (κ3) is 3.31. The molecule has 0 atom stereocenters. The Kier molecular flexibility index (Phi) is 4.13. The summed E-state index contributed by atoms with van der Waals surface area (Å²) in [6.07, 6.45) is 1.89. The molecule has 0 saturated carbocycles. The zero-order valence-electron chi connectivity index (χ0n) is 10.7. The van der Waals surface area contributed by atoms with Gasteiger partial charge in [0.05, 0.1) is 12.8 Å². The molecule has 0 aliphatic carbocycles. The lowest BCUT2D eigenvalue weighted by molar-refractivity contribution is 0.0522. The van der Waals surface area contributed by atoms with Gasteiger partial charge in [-0.2, -0.15) is 0 Å². The van der Waals surface area contributed by atoms with Gasteiger partial charge < -0.3 is 9.84 Å². The van der Waals surface area contributed by atoms with Crippen molar-refractivity contribution in [3.05, 3.63) is 59.4 Å². The zero-order chi connectivity index (χ0) is 13.7. The zero-order valence-corrected chi connectivity index (χ0v) is 10.7. The number of ether oxygens (including phenoxy) is 1. The summed E-state index contributed by atoms with van der Waals surface area (Å²) in [5.74, 6) is -0.688. The molecule has 2 rings (SSSR count). The van der Waals surface area contributed by atoms with E-state index in [1.807, 2.05) is 30.3 Å². The first-order valence-electron chi connectivity index (χ1n) is 6.09. The summed E-state index contributed by atoms with van der Waals surface area (Å²) in [7, 11) is 0. The number of pyridine rings is 1. The maximum absolute atomic E-state index is 11.7. The van der Waals surface area contributed by atoms with Crippen molar-refractivity contribution in [1.82, 2.24) is 4.98 Å². The van der Waals surface area contributed by atoms with Crippen molar-refractivity contribution < 1.29 is 14.6 Å². The smallest absolute Gasteiger partial charge is 0.342 e. The average Bonchev–Trinajstić information content (AvgIpc) is 2.42. The Morgan fingerprint density at radius 2 is 2.05 bits per heavy atom. The van der Waals surface area contributed by atoms with Crippen LogP contribution in [-0.4, -0.2) is 22.7 Å². The summed E-state index contributed by atoms with van der Waals surface area (Å²) in [5, 5.41) is 9.63. The maximum Gasteiger partial charge on any atom is 0.342 e. The topological polar surface area (TPSA) is 59.4 Å². The van der Waals surface area contributed by atoms with E-state index in [4.69, 9.17) is 4.74 Å². The summed E-state index contributed by atoms with van der Waals surface area (Å²) in [6.45, 7) is 2.00. The fraction of sp³-hybridized carbons (Fsp3) is 0.200. The van der Waals surface area contributed by atoms with E-state index in [-0.39, 0.29) is 17.9 Å². The van der Waals surface area contributed by atoms with Gasteiger partial charge in [0.15, 0.2) is 0 Å². The predicted molar refractivity (Wildman–Crippen MR) is 71.1 cm³/mol. The molecule has 0 aliphatic heterocycles. The summed E-state index contributed by atoms with van der Waals surface area (Å²) in [5.41, 5.74) is 1.96. The van der Waals surface area contributed by atoms with E-state index in [0.717, 1.165) is 5.56 Å². The number of hydrogen-bond donors (Lipinski definition) is 1. The number of carbonyl (C=O) groups excluding carboxylic acids is 1. The van der Waals surface area contributed by atoms with Crippen LogP contribution < -0.4 is 0 Å². The molecular weight excluding hydrogens is 242 g/mol. The Labute approximate surface area is 111 Å². The van der Waals surface area contributed by atoms with Crippen LogP contribution in [0, 0.1) is 0 Å². The second-order valence-corrected chi connectivity index (χ2v) is 4.08. The summed E-state index contributed by atoms with van der Waals surface area (Å²) < 4.78 is 4.89. The highest BCUT2D eigenvalue weighted by Gasteiger charge is 2.13. The number of hydrogen-bond acceptors (Lipinski definition) is 4. The van der Waals surface area contributed by atoms with Gasteiger partial charge in [-0.25, -0.2) is 4.79 Å². The molecule has 0 radical (unpaired) electrons. The van der Waals surface area contributed by atoms with Gasteiger partial charge in [-0.3, -0.25) is 4.98 Å². The Balaban J connectivity index is 2.23. The quantitative estimate of drug-likeness (QED) is 0.855. The van der Waals surface area contributed by atoms with Gasteiger partial charge in [-0.1, -0.05) is 30.3 Å². The Hall–Kier alpha value is -2.36. The van der Waals surface area contributed by atoms with Crippen LogP contribution in [0.15, 0.2) is 42.6 Å². The van der Waals surface area contributed by atoms with Crippen LogP contribution in [0.1, 0.15) is 28.5 Å². The number of nitrogens with zero attached hydrogens (tertiary/aromatic N) is 1. The molecule has 2 aromatic rings. The molecule has 19 heavy (non-hydrogen) atoms. The van der Waals surface area contributed by atoms with E-state index in [0.29, 0.717) is 12.1 Å². The third-order valence-corrected chi connectivity index (χ3v) is 2.66. The fourth-order valence-electron chi connectivity index (χ4n) is 1.77. The molecule has 0 fully saturated rings. The van der Waals surface area contributed by atoms with Gasteiger partial charge in [0.2, 0.25) is 0 Å². The van der Waals surface area contributed by atoms with E-state index in [2.05, 4.69) is 4.98 Å². The van der Waals surface area contributed by atoms with Crippen molar-refractivity contribution in [2.24, 2.45) is 0 Å². The average molecular weight is 257 g/mol. The van der Waals surface area contributed by atoms with Crippen molar-refractivity contribution in [3.8, 4) is 5.75 Å². The van der Waals surface area contributed by atoms with E-state index < -0.39 is 5.97 Å². The fourth-order valence-corrected chi connectivity index (χ4v) is 1.77. The first-order chi connectivity index (χ1) is 9.20. The number of benzene rings is 1. The minimum absolute atomic E-state index is 0.155. The number of esters is 1. The minimum atomic E-state index is -0.531. The lowest BCUT2D eigenvalue weighted by atomic mass is 10.1. The van der Waals surface area contributed by atoms with Crippen LogP contribution in [0.5, 0.6) is 5.75 Å². The van der Waals surface area contributed by atoms with Crippen LogP contribution in [-0.2, 0) is 11.2 Å². The van der Waals surface area contributed by atoms with E-state index >= 15 is 0 Å². The van der Waals surface area contributed by atoms with Gasteiger partial charge >= 0.3 is 5.97 Å². The molecule has 4 nitrogen and oxygen atoms in total. The highest BCUT2D eigenvalue weighted by molar-refractivity contribution is 5.92. The maximum atomic E-state index is 11.7. The molecule has 4 heteroatoms. The number of carbonyl (C=O) groups is 1. The van der Waals surface area contributed by atoms with Crippen molar-refractivity contribution >= 4 is 5.97 Å². The number of aromatic hydroxyl groups is 1. The lowest BCUT2D eigenvalue weighted by Crippen LogP contribution is -2.06. The van der Waals surface area contributed by atoms with E-state index in [9.17, 15) is 9.90 Å². The molecule has 1 heterocycles. The number of aromatic nitrogens is 1. The standard InChI is InChI=1S/C15H15NO3/c1-2-19-15(18)13-9-12(16-10-14(13)17)8-11-6-4-3-5-7-11/h3-7,9-10,17H,2,8H2,1H3. The second-order valence-electron chi connectivity index (χ2n) is 4.08. The molecule has 0 aliphatic rings. The Bertz CT molecular complexity index is 567. The lowest BCUT2D eigenvalue weighted by Gasteiger charge is -2.06. The van der Waals surface area contributed by atoms with Crippen LogP contribution >= 0.6 is 0 Å². The van der Waals surface area contributed by atoms with Gasteiger partial charge in [0, 0.05) is 12.1 Å². The van der Waals surface area contributed by atoms with Crippen molar-refractivity contribution in [3.63, 3.8) is 0 Å². The molecule has 0 saturated heterocycles. The summed E-state index contributed by atoms with van der Waals surface area (Å²) in [4.78, 5) is 15.8. The molecule has 0 spiro atoms. The largest absolute Gasteiger partial charge is 0.505 e. The molecular formula is C15H15NO3. The van der Waals surface area contributed by atoms with Crippen molar-refractivity contribution in [1.29, 1.82) is 0 Å². The van der Waals surface area contributed by atoms with Gasteiger partial charge in [0.25, 0.3) is 0 Å². The summed E-state index contributed by atoms with van der Waals surface area (Å²) in [6, 6.07) is 11.4. The van der Waals surface area contributed by atoms with Gasteiger partial charge in [-0.05, 0) is 18.6 Å². The third-order valence-electron chi connectivity index (χ3n) is 2.66. The molecule has 0 bridgehead atoms. The first kappa shape index (κ1) is 13.1. The molecule has 1 aromatic carbocycles. The van der Waals surface area contributed by atoms with Crippen molar-refractivity contribution in [2.75, 3.05) is 6.61 Å². The van der Waals surface area contributed by atoms with E-state index in [1.54, 1.807) is 13.0 Å². The molecule has 1 N–H and O–H groups in total. The van der Waals surface area contributed by atoms with Gasteiger partial charge in [0.1, 0.15) is 11.3 Å². The SMILES string of the molecule is CCOC(=O)c1cc(Cc2ccccc2)ncc1O. The monoisotopic (exact) mass is 257 g/mol. The highest BCUT2D eigenvalue weighted by Crippen LogP contribution is 2.19. The molecule has 0 amide bonds. The normalized spacial score (nSPS) is 10.2. The number of rotatable bonds is 4. The molecule has 1 aromatic heterocycles. The Morgan fingerprint density at radius 1 is 1.32 bits per heavy atom. The van der Waals surface area contributed by atoms with Crippen LogP contribution in [0.2, 0.25) is 0 Å². The van der Waals surface area contributed by atoms with E-state index in [1.165, 1.54) is 6.20 Å². The van der Waals surface area contributed by atoms with Crippen molar-refractivity contribution in [2.45, 2.75) is 13.3 Å². The molecule has 0 unspecified atom stereocenters.